The minimum absolute atomic E-state index is 0.156. The molecule has 0 aromatic carbocycles. The van der Waals surface area contributed by atoms with Crippen molar-refractivity contribution < 1.29 is 9.53 Å². The predicted octanol–water partition coefficient (Wildman–Crippen LogP) is 3.68. The van der Waals surface area contributed by atoms with E-state index in [4.69, 9.17) is 4.74 Å². The molecular weight excluding hydrogens is 244 g/mol. The molecule has 0 fully saturated rings. The first kappa shape index (κ1) is 13.9. The molecule has 14 heavy (non-hydrogen) atoms. The monoisotopic (exact) mass is 264 g/mol. The Balaban J connectivity index is 2.95. The van der Waals surface area contributed by atoms with Gasteiger partial charge in [-0.05, 0) is 6.42 Å². The predicted molar refractivity (Wildman–Crippen MR) is 62.7 cm³/mol. The molecule has 0 aromatic heterocycles. The Bertz CT molecular complexity index is 137. The maximum Gasteiger partial charge on any atom is 0.316 e. The molecule has 0 atom stereocenters. The quantitative estimate of drug-likeness (QED) is 0.361. The zero-order valence-corrected chi connectivity index (χ0v) is 10.6. The van der Waals surface area contributed by atoms with Crippen molar-refractivity contribution in [2.24, 2.45) is 0 Å². The summed E-state index contributed by atoms with van der Waals surface area (Å²) in [5.74, 6) is -0.156. The number of rotatable bonds is 9. The molecule has 0 N–H and O–H groups in total. The largest absolute Gasteiger partial charge is 0.465 e. The van der Waals surface area contributed by atoms with Crippen LogP contribution in [0.1, 0.15) is 51.9 Å². The van der Waals surface area contributed by atoms with Crippen LogP contribution in [-0.4, -0.2) is 17.9 Å². The van der Waals surface area contributed by atoms with Crippen molar-refractivity contribution in [2.75, 3.05) is 11.9 Å². The van der Waals surface area contributed by atoms with E-state index in [-0.39, 0.29) is 5.97 Å². The normalized spacial score (nSPS) is 10.1. The smallest absolute Gasteiger partial charge is 0.316 e. The highest BCUT2D eigenvalue weighted by molar-refractivity contribution is 9.09. The van der Waals surface area contributed by atoms with E-state index in [2.05, 4.69) is 22.9 Å². The van der Waals surface area contributed by atoms with Crippen LogP contribution in [0.5, 0.6) is 0 Å². The summed E-state index contributed by atoms with van der Waals surface area (Å²) in [4.78, 5) is 10.7. The standard InChI is InChI=1S/C11H21BrO2/c1-2-3-4-5-6-7-8-9-14-11(13)10-12/h2-10H2,1H3. The second-order valence-corrected chi connectivity index (χ2v) is 4.04. The molecule has 0 saturated carbocycles. The highest BCUT2D eigenvalue weighted by atomic mass is 79.9. The lowest BCUT2D eigenvalue weighted by atomic mass is 10.1. The SMILES string of the molecule is CCCCCCCCCOC(=O)CBr. The lowest BCUT2D eigenvalue weighted by molar-refractivity contribution is -0.140. The van der Waals surface area contributed by atoms with Crippen LogP contribution in [0.4, 0.5) is 0 Å². The molecule has 0 rings (SSSR count). The Hall–Kier alpha value is -0.0500. The van der Waals surface area contributed by atoms with Crippen molar-refractivity contribution in [2.45, 2.75) is 51.9 Å². The van der Waals surface area contributed by atoms with E-state index in [1.54, 1.807) is 0 Å². The second-order valence-electron chi connectivity index (χ2n) is 3.48. The summed E-state index contributed by atoms with van der Waals surface area (Å²) in [5.41, 5.74) is 0. The van der Waals surface area contributed by atoms with Gasteiger partial charge in [0, 0.05) is 0 Å². The zero-order valence-electron chi connectivity index (χ0n) is 9.06. The number of ether oxygens (including phenoxy) is 1. The molecule has 0 aromatic rings. The Morgan fingerprint density at radius 2 is 1.64 bits per heavy atom. The molecule has 2 nitrogen and oxygen atoms in total. The van der Waals surface area contributed by atoms with E-state index in [0.717, 1.165) is 6.42 Å². The van der Waals surface area contributed by atoms with Gasteiger partial charge in [0.1, 0.15) is 5.33 Å². The Morgan fingerprint density at radius 3 is 2.21 bits per heavy atom. The molecule has 84 valence electrons. The maximum atomic E-state index is 10.7. The summed E-state index contributed by atoms with van der Waals surface area (Å²) in [6.45, 7) is 2.80. The Morgan fingerprint density at radius 1 is 1.07 bits per heavy atom. The Labute approximate surface area is 95.5 Å². The van der Waals surface area contributed by atoms with Gasteiger partial charge in [0.2, 0.25) is 0 Å². The number of hydrogen-bond donors (Lipinski definition) is 0. The molecule has 0 aliphatic rings. The molecule has 3 heteroatoms. The first-order valence-electron chi connectivity index (χ1n) is 5.52. The van der Waals surface area contributed by atoms with Gasteiger partial charge in [-0.15, -0.1) is 0 Å². The van der Waals surface area contributed by atoms with Crippen molar-refractivity contribution in [3.63, 3.8) is 0 Å². The Kier molecular flexibility index (Phi) is 11.0. The van der Waals surface area contributed by atoms with Crippen molar-refractivity contribution in [3.8, 4) is 0 Å². The summed E-state index contributed by atoms with van der Waals surface area (Å²) in [6.07, 6.45) is 8.76. The number of esters is 1. The van der Waals surface area contributed by atoms with Gasteiger partial charge in [0.25, 0.3) is 0 Å². The van der Waals surface area contributed by atoms with E-state index in [9.17, 15) is 4.79 Å². The number of halogens is 1. The number of unbranched alkanes of at least 4 members (excludes halogenated alkanes) is 6. The number of carbonyl (C=O) groups excluding carboxylic acids is 1. The van der Waals surface area contributed by atoms with Crippen LogP contribution >= 0.6 is 15.9 Å². The number of alkyl halides is 1. The zero-order chi connectivity index (χ0) is 10.6. The van der Waals surface area contributed by atoms with Crippen molar-refractivity contribution in [1.82, 2.24) is 0 Å². The molecular formula is C11H21BrO2. The summed E-state index contributed by atoms with van der Waals surface area (Å²) in [6, 6.07) is 0. The van der Waals surface area contributed by atoms with Crippen LogP contribution in [0.2, 0.25) is 0 Å². The topological polar surface area (TPSA) is 26.3 Å². The average molecular weight is 265 g/mol. The fraction of sp³-hybridized carbons (Fsp3) is 0.909. The summed E-state index contributed by atoms with van der Waals surface area (Å²) >= 11 is 3.05. The first-order chi connectivity index (χ1) is 6.81. The maximum absolute atomic E-state index is 10.7. The lowest BCUT2D eigenvalue weighted by Gasteiger charge is -2.02. The van der Waals surface area contributed by atoms with Crippen molar-refractivity contribution >= 4 is 21.9 Å². The van der Waals surface area contributed by atoms with Gasteiger partial charge in [-0.3, -0.25) is 4.79 Å². The third-order valence-corrected chi connectivity index (χ3v) is 2.58. The molecule has 0 aliphatic heterocycles. The fourth-order valence-corrected chi connectivity index (χ4v) is 1.45. The molecule has 0 aliphatic carbocycles. The average Bonchev–Trinajstić information content (AvgIpc) is 2.21. The molecule has 0 saturated heterocycles. The van der Waals surface area contributed by atoms with Crippen LogP contribution < -0.4 is 0 Å². The van der Waals surface area contributed by atoms with Gasteiger partial charge >= 0.3 is 5.97 Å². The highest BCUT2D eigenvalue weighted by Crippen LogP contribution is 2.06. The molecule has 0 amide bonds. The van der Waals surface area contributed by atoms with Crippen LogP contribution in [0, 0.1) is 0 Å². The summed E-state index contributed by atoms with van der Waals surface area (Å²) < 4.78 is 4.93. The molecule has 0 radical (unpaired) electrons. The fourth-order valence-electron chi connectivity index (χ4n) is 1.28. The van der Waals surface area contributed by atoms with E-state index in [0.29, 0.717) is 11.9 Å². The third kappa shape index (κ3) is 10.0. The van der Waals surface area contributed by atoms with Crippen LogP contribution in [0.3, 0.4) is 0 Å². The van der Waals surface area contributed by atoms with Gasteiger partial charge < -0.3 is 4.74 Å². The van der Waals surface area contributed by atoms with E-state index in [1.165, 1.54) is 38.5 Å². The van der Waals surface area contributed by atoms with Gasteiger partial charge in [-0.25, -0.2) is 0 Å². The van der Waals surface area contributed by atoms with Crippen LogP contribution in [0.25, 0.3) is 0 Å². The summed E-state index contributed by atoms with van der Waals surface area (Å²) in [5, 5.41) is 0.309. The van der Waals surface area contributed by atoms with Crippen molar-refractivity contribution in [1.29, 1.82) is 0 Å². The molecule has 0 heterocycles. The van der Waals surface area contributed by atoms with Gasteiger partial charge in [0.05, 0.1) is 6.61 Å². The highest BCUT2D eigenvalue weighted by Gasteiger charge is 1.97. The van der Waals surface area contributed by atoms with E-state index in [1.807, 2.05) is 0 Å². The van der Waals surface area contributed by atoms with Gasteiger partial charge in [-0.2, -0.15) is 0 Å². The minimum Gasteiger partial charge on any atom is -0.465 e. The van der Waals surface area contributed by atoms with Gasteiger partial charge in [0.15, 0.2) is 0 Å². The lowest BCUT2D eigenvalue weighted by Crippen LogP contribution is -2.06. The second kappa shape index (κ2) is 11.0. The number of carbonyl (C=O) groups is 1. The molecule has 0 spiro atoms. The van der Waals surface area contributed by atoms with Crippen LogP contribution in [0.15, 0.2) is 0 Å². The van der Waals surface area contributed by atoms with Crippen LogP contribution in [-0.2, 0) is 9.53 Å². The molecule has 0 unspecified atom stereocenters. The minimum atomic E-state index is -0.156. The summed E-state index contributed by atoms with van der Waals surface area (Å²) in [7, 11) is 0. The molecule has 0 bridgehead atoms. The van der Waals surface area contributed by atoms with Crippen molar-refractivity contribution in [3.05, 3.63) is 0 Å². The van der Waals surface area contributed by atoms with Gasteiger partial charge in [-0.1, -0.05) is 61.4 Å². The van der Waals surface area contributed by atoms with E-state index >= 15 is 0 Å². The first-order valence-corrected chi connectivity index (χ1v) is 6.65. The third-order valence-electron chi connectivity index (χ3n) is 2.12. The number of hydrogen-bond acceptors (Lipinski definition) is 2. The van der Waals surface area contributed by atoms with E-state index < -0.39 is 0 Å².